The normalized spacial score (nSPS) is 11.8. The maximum Gasteiger partial charge on any atom is 0.236 e. The number of aromatic nitrogens is 4. The molecule has 1 aromatic carbocycles. The van der Waals surface area contributed by atoms with Gasteiger partial charge in [-0.3, -0.25) is 14.5 Å². The zero-order valence-corrected chi connectivity index (χ0v) is 18.8. The van der Waals surface area contributed by atoms with E-state index < -0.39 is 15.4 Å². The molecule has 0 unspecified atom stereocenters. The summed E-state index contributed by atoms with van der Waals surface area (Å²) in [5.41, 5.74) is 3.35. The minimum atomic E-state index is -3.53. The average molecular weight is 441 g/mol. The lowest BCUT2D eigenvalue weighted by atomic mass is 9.87. The van der Waals surface area contributed by atoms with E-state index in [1.165, 1.54) is 6.20 Å². The lowest BCUT2D eigenvalue weighted by Crippen LogP contribution is -2.36. The standard InChI is InChI=1S/C21H24N6O3S/c1-13-10-15(17-12-22-11-14(2)24-17)6-7-16(13)25-19(28)21(3,4)18-8-9-23-20(26-18)27-31(5,29)30/h6-12H,1-5H3,(H,25,28)(H,23,26,27). The first-order valence-corrected chi connectivity index (χ1v) is 11.4. The van der Waals surface area contributed by atoms with Crippen LogP contribution in [0.4, 0.5) is 11.6 Å². The van der Waals surface area contributed by atoms with Crippen LogP contribution in [0.1, 0.15) is 30.8 Å². The van der Waals surface area contributed by atoms with Crippen molar-refractivity contribution in [3.8, 4) is 11.3 Å². The third-order valence-electron chi connectivity index (χ3n) is 4.67. The summed E-state index contributed by atoms with van der Waals surface area (Å²) in [7, 11) is -3.53. The van der Waals surface area contributed by atoms with Gasteiger partial charge in [0.25, 0.3) is 0 Å². The first-order chi connectivity index (χ1) is 14.5. The van der Waals surface area contributed by atoms with Gasteiger partial charge in [0.15, 0.2) is 0 Å². The molecule has 0 spiro atoms. The van der Waals surface area contributed by atoms with E-state index in [0.29, 0.717) is 11.4 Å². The summed E-state index contributed by atoms with van der Waals surface area (Å²) in [4.78, 5) is 29.8. The molecule has 0 fully saturated rings. The van der Waals surface area contributed by atoms with Crippen LogP contribution in [0, 0.1) is 13.8 Å². The summed E-state index contributed by atoms with van der Waals surface area (Å²) in [6.07, 6.45) is 5.81. The molecule has 2 aromatic heterocycles. The summed E-state index contributed by atoms with van der Waals surface area (Å²) < 4.78 is 25.1. The molecule has 9 nitrogen and oxygen atoms in total. The quantitative estimate of drug-likeness (QED) is 0.603. The number of benzene rings is 1. The minimum absolute atomic E-state index is 0.0827. The van der Waals surface area contributed by atoms with Gasteiger partial charge in [-0.05, 0) is 51.5 Å². The lowest BCUT2D eigenvalue weighted by Gasteiger charge is -2.24. The first-order valence-electron chi connectivity index (χ1n) is 9.48. The van der Waals surface area contributed by atoms with Gasteiger partial charge in [-0.15, -0.1) is 0 Å². The largest absolute Gasteiger partial charge is 0.325 e. The van der Waals surface area contributed by atoms with E-state index in [1.807, 2.05) is 32.0 Å². The Balaban J connectivity index is 1.83. The molecule has 0 saturated heterocycles. The fourth-order valence-electron chi connectivity index (χ4n) is 2.88. The predicted octanol–water partition coefficient (Wildman–Crippen LogP) is 2.84. The first kappa shape index (κ1) is 22.3. The summed E-state index contributed by atoms with van der Waals surface area (Å²) in [5, 5.41) is 2.93. The average Bonchev–Trinajstić information content (AvgIpc) is 2.68. The van der Waals surface area contributed by atoms with E-state index in [4.69, 9.17) is 0 Å². The highest BCUT2D eigenvalue weighted by Crippen LogP contribution is 2.27. The van der Waals surface area contributed by atoms with Crippen molar-refractivity contribution in [3.05, 3.63) is 59.8 Å². The number of aryl methyl sites for hydroxylation is 2. The molecule has 10 heteroatoms. The number of rotatable bonds is 6. The fourth-order valence-corrected chi connectivity index (χ4v) is 3.31. The van der Waals surface area contributed by atoms with Gasteiger partial charge in [-0.25, -0.2) is 23.4 Å². The Labute approximate surface area is 181 Å². The molecule has 3 rings (SSSR count). The summed E-state index contributed by atoms with van der Waals surface area (Å²) >= 11 is 0. The molecule has 0 bridgehead atoms. The van der Waals surface area contributed by atoms with E-state index in [1.54, 1.807) is 32.3 Å². The zero-order chi connectivity index (χ0) is 22.8. The van der Waals surface area contributed by atoms with Crippen molar-refractivity contribution in [2.75, 3.05) is 16.3 Å². The van der Waals surface area contributed by atoms with Crippen molar-refractivity contribution in [1.82, 2.24) is 19.9 Å². The number of amides is 1. The molecule has 0 aliphatic heterocycles. The van der Waals surface area contributed by atoms with E-state index in [9.17, 15) is 13.2 Å². The zero-order valence-electron chi connectivity index (χ0n) is 18.0. The van der Waals surface area contributed by atoms with E-state index in [-0.39, 0.29) is 11.9 Å². The van der Waals surface area contributed by atoms with Crippen molar-refractivity contribution in [2.45, 2.75) is 33.1 Å². The molecule has 0 saturated carbocycles. The Bertz CT molecular complexity index is 1240. The third-order valence-corrected chi connectivity index (χ3v) is 5.22. The highest BCUT2D eigenvalue weighted by atomic mass is 32.2. The Hall–Kier alpha value is -3.40. The van der Waals surface area contributed by atoms with Crippen molar-refractivity contribution in [2.24, 2.45) is 0 Å². The molecule has 2 N–H and O–H groups in total. The Morgan fingerprint density at radius 2 is 1.81 bits per heavy atom. The topological polar surface area (TPSA) is 127 Å². The van der Waals surface area contributed by atoms with Gasteiger partial charge < -0.3 is 5.32 Å². The number of hydrogen-bond acceptors (Lipinski definition) is 7. The van der Waals surface area contributed by atoms with Gasteiger partial charge in [0.05, 0.1) is 34.9 Å². The van der Waals surface area contributed by atoms with Crippen LogP contribution < -0.4 is 10.0 Å². The maximum absolute atomic E-state index is 13.1. The Kier molecular flexibility index (Phi) is 6.03. The third kappa shape index (κ3) is 5.40. The number of nitrogens with one attached hydrogen (secondary N) is 2. The van der Waals surface area contributed by atoms with Gasteiger partial charge in [0.2, 0.25) is 21.9 Å². The van der Waals surface area contributed by atoms with E-state index in [2.05, 4.69) is 30.0 Å². The van der Waals surface area contributed by atoms with Crippen molar-refractivity contribution >= 4 is 27.6 Å². The number of anilines is 2. The number of carbonyl (C=O) groups excluding carboxylic acids is 1. The molecule has 162 valence electrons. The van der Waals surface area contributed by atoms with Crippen molar-refractivity contribution < 1.29 is 13.2 Å². The van der Waals surface area contributed by atoms with Crippen molar-refractivity contribution in [1.29, 1.82) is 0 Å². The fraction of sp³-hybridized carbons (Fsp3) is 0.286. The molecule has 31 heavy (non-hydrogen) atoms. The number of carbonyl (C=O) groups is 1. The number of sulfonamides is 1. The molecular formula is C21H24N6O3S. The molecule has 3 aromatic rings. The second kappa shape index (κ2) is 8.38. The van der Waals surface area contributed by atoms with Crippen LogP contribution in [0.3, 0.4) is 0 Å². The van der Waals surface area contributed by atoms with Gasteiger partial charge >= 0.3 is 0 Å². The van der Waals surface area contributed by atoms with Crippen LogP contribution in [-0.2, 0) is 20.2 Å². The molecular weight excluding hydrogens is 416 g/mol. The van der Waals surface area contributed by atoms with Crippen LogP contribution in [-0.4, -0.2) is 40.5 Å². The number of hydrogen-bond donors (Lipinski definition) is 2. The second-order valence-electron chi connectivity index (χ2n) is 7.79. The van der Waals surface area contributed by atoms with Gasteiger partial charge in [-0.1, -0.05) is 6.07 Å². The summed E-state index contributed by atoms with van der Waals surface area (Å²) in [6, 6.07) is 7.21. The highest BCUT2D eigenvalue weighted by Gasteiger charge is 2.32. The van der Waals surface area contributed by atoms with E-state index in [0.717, 1.165) is 28.8 Å². The molecule has 0 aliphatic carbocycles. The van der Waals surface area contributed by atoms with Crippen LogP contribution in [0.2, 0.25) is 0 Å². The van der Waals surface area contributed by atoms with Crippen LogP contribution in [0.25, 0.3) is 11.3 Å². The minimum Gasteiger partial charge on any atom is -0.325 e. The molecule has 0 atom stereocenters. The van der Waals surface area contributed by atoms with Crippen molar-refractivity contribution in [3.63, 3.8) is 0 Å². The second-order valence-corrected chi connectivity index (χ2v) is 9.54. The smallest absolute Gasteiger partial charge is 0.236 e. The highest BCUT2D eigenvalue weighted by molar-refractivity contribution is 7.91. The van der Waals surface area contributed by atoms with Crippen LogP contribution in [0.15, 0.2) is 42.9 Å². The van der Waals surface area contributed by atoms with Crippen LogP contribution >= 0.6 is 0 Å². The Morgan fingerprint density at radius 3 is 2.45 bits per heavy atom. The summed E-state index contributed by atoms with van der Waals surface area (Å²) in [5.74, 6) is -0.372. The summed E-state index contributed by atoms with van der Waals surface area (Å²) in [6.45, 7) is 7.19. The molecule has 0 radical (unpaired) electrons. The van der Waals surface area contributed by atoms with Gasteiger partial charge in [0.1, 0.15) is 0 Å². The molecule has 2 heterocycles. The molecule has 1 amide bonds. The Morgan fingerprint density at radius 1 is 1.06 bits per heavy atom. The maximum atomic E-state index is 13.1. The predicted molar refractivity (Wildman–Crippen MR) is 119 cm³/mol. The van der Waals surface area contributed by atoms with Crippen LogP contribution in [0.5, 0.6) is 0 Å². The molecule has 0 aliphatic rings. The van der Waals surface area contributed by atoms with E-state index >= 15 is 0 Å². The SMILES string of the molecule is Cc1cncc(-c2ccc(NC(=O)C(C)(C)c3ccnc(NS(C)(=O)=O)n3)c(C)c2)n1. The van der Waals surface area contributed by atoms with Gasteiger partial charge in [0, 0.05) is 23.6 Å². The lowest BCUT2D eigenvalue weighted by molar-refractivity contribution is -0.120. The monoisotopic (exact) mass is 440 g/mol. The van der Waals surface area contributed by atoms with Gasteiger partial charge in [-0.2, -0.15) is 0 Å². The number of nitrogens with zero attached hydrogens (tertiary/aromatic N) is 4.